The molecule has 4 rings (SSSR count). The summed E-state index contributed by atoms with van der Waals surface area (Å²) in [4.78, 5) is 19.6. The molecule has 10 heteroatoms. The van der Waals surface area contributed by atoms with E-state index in [-0.39, 0.29) is 28.9 Å². The minimum atomic E-state index is -4.82. The Labute approximate surface area is 176 Å². The molecule has 2 heterocycles. The Hall–Kier alpha value is -3.14. The van der Waals surface area contributed by atoms with Gasteiger partial charge in [0, 0.05) is 16.5 Å². The molecule has 0 spiro atoms. The van der Waals surface area contributed by atoms with Crippen molar-refractivity contribution in [2.24, 2.45) is 0 Å². The zero-order valence-corrected chi connectivity index (χ0v) is 17.1. The Kier molecular flexibility index (Phi) is 5.10. The van der Waals surface area contributed by atoms with E-state index in [1.54, 1.807) is 6.07 Å². The van der Waals surface area contributed by atoms with Crippen molar-refractivity contribution < 1.29 is 17.9 Å². The number of alkyl halides is 3. The molecule has 0 saturated carbocycles. The van der Waals surface area contributed by atoms with Crippen molar-refractivity contribution in [2.45, 2.75) is 19.7 Å². The molecule has 0 amide bonds. The second kappa shape index (κ2) is 7.60. The van der Waals surface area contributed by atoms with E-state index in [2.05, 4.69) is 35.7 Å². The number of para-hydroxylation sites is 1. The molecule has 0 aliphatic carbocycles. The van der Waals surface area contributed by atoms with Gasteiger partial charge in [-0.15, -0.1) is 13.2 Å². The SMILES string of the molecule is Cc1ccc(Br)c(-n2ncc3c(=O)[nH]c(Cc4ccccc4OC(F)(F)F)nc32)c1. The van der Waals surface area contributed by atoms with E-state index in [0.29, 0.717) is 11.3 Å². The van der Waals surface area contributed by atoms with Crippen LogP contribution in [-0.4, -0.2) is 26.1 Å². The summed E-state index contributed by atoms with van der Waals surface area (Å²) in [6.45, 7) is 1.92. The summed E-state index contributed by atoms with van der Waals surface area (Å²) in [6, 6.07) is 11.4. The first-order chi connectivity index (χ1) is 14.2. The van der Waals surface area contributed by atoms with Crippen LogP contribution in [0.5, 0.6) is 5.75 Å². The summed E-state index contributed by atoms with van der Waals surface area (Å²) in [6.07, 6.45) is -3.48. The number of H-pyrrole nitrogens is 1. The minimum Gasteiger partial charge on any atom is -0.405 e. The molecule has 0 aliphatic heterocycles. The molecule has 4 aromatic rings. The van der Waals surface area contributed by atoms with Gasteiger partial charge in [0.1, 0.15) is 17.0 Å². The number of halogens is 4. The van der Waals surface area contributed by atoms with Gasteiger partial charge in [0.2, 0.25) is 0 Å². The van der Waals surface area contributed by atoms with Crippen LogP contribution in [0.15, 0.2) is 57.9 Å². The highest BCUT2D eigenvalue weighted by Crippen LogP contribution is 2.28. The summed E-state index contributed by atoms with van der Waals surface area (Å²) in [7, 11) is 0. The molecular formula is C20H14BrF3N4O2. The third kappa shape index (κ3) is 4.09. The van der Waals surface area contributed by atoms with Gasteiger partial charge in [-0.1, -0.05) is 24.3 Å². The average molecular weight is 479 g/mol. The van der Waals surface area contributed by atoms with Crippen molar-refractivity contribution in [3.63, 3.8) is 0 Å². The maximum Gasteiger partial charge on any atom is 0.573 e. The maximum atomic E-state index is 12.7. The number of aryl methyl sites for hydroxylation is 1. The molecule has 2 aromatic heterocycles. The summed E-state index contributed by atoms with van der Waals surface area (Å²) < 4.78 is 44.4. The van der Waals surface area contributed by atoms with Crippen LogP contribution in [0.1, 0.15) is 17.0 Å². The van der Waals surface area contributed by atoms with Crippen LogP contribution in [-0.2, 0) is 6.42 Å². The molecule has 154 valence electrons. The highest BCUT2D eigenvalue weighted by atomic mass is 79.9. The lowest BCUT2D eigenvalue weighted by Crippen LogP contribution is -2.18. The van der Waals surface area contributed by atoms with Crippen molar-refractivity contribution in [1.29, 1.82) is 0 Å². The van der Waals surface area contributed by atoms with Crippen molar-refractivity contribution in [3.8, 4) is 11.4 Å². The number of hydrogen-bond acceptors (Lipinski definition) is 4. The van der Waals surface area contributed by atoms with E-state index in [1.165, 1.54) is 29.1 Å². The smallest absolute Gasteiger partial charge is 0.405 e. The van der Waals surface area contributed by atoms with Crippen LogP contribution >= 0.6 is 15.9 Å². The number of hydrogen-bond donors (Lipinski definition) is 1. The highest BCUT2D eigenvalue weighted by Gasteiger charge is 2.32. The van der Waals surface area contributed by atoms with E-state index in [0.717, 1.165) is 10.0 Å². The normalized spacial score (nSPS) is 11.8. The van der Waals surface area contributed by atoms with Crippen molar-refractivity contribution in [1.82, 2.24) is 19.7 Å². The van der Waals surface area contributed by atoms with Gasteiger partial charge in [0.05, 0.1) is 11.9 Å². The van der Waals surface area contributed by atoms with Crippen LogP contribution in [0.25, 0.3) is 16.7 Å². The van der Waals surface area contributed by atoms with E-state index in [4.69, 9.17) is 0 Å². The van der Waals surface area contributed by atoms with Crippen molar-refractivity contribution in [3.05, 3.63) is 80.4 Å². The van der Waals surface area contributed by atoms with E-state index in [1.807, 2.05) is 25.1 Å². The molecule has 0 fully saturated rings. The number of rotatable bonds is 4. The zero-order valence-electron chi connectivity index (χ0n) is 15.5. The summed E-state index contributed by atoms with van der Waals surface area (Å²) in [5, 5.41) is 4.54. The van der Waals surface area contributed by atoms with Crippen LogP contribution in [0.4, 0.5) is 13.2 Å². The molecule has 0 aliphatic rings. The van der Waals surface area contributed by atoms with Crippen molar-refractivity contribution in [2.75, 3.05) is 0 Å². The van der Waals surface area contributed by atoms with E-state index >= 15 is 0 Å². The van der Waals surface area contributed by atoms with Crippen LogP contribution < -0.4 is 10.3 Å². The molecule has 2 aromatic carbocycles. The molecule has 0 bridgehead atoms. The first kappa shape index (κ1) is 20.1. The predicted molar refractivity (Wildman–Crippen MR) is 108 cm³/mol. The first-order valence-corrected chi connectivity index (χ1v) is 9.58. The molecule has 0 saturated heterocycles. The first-order valence-electron chi connectivity index (χ1n) is 8.78. The molecule has 6 nitrogen and oxygen atoms in total. The number of nitrogens with zero attached hydrogens (tertiary/aromatic N) is 3. The summed E-state index contributed by atoms with van der Waals surface area (Å²) in [5.74, 6) is -0.154. The third-order valence-electron chi connectivity index (χ3n) is 4.37. The molecule has 0 unspecified atom stereocenters. The van der Waals surface area contributed by atoms with Gasteiger partial charge in [-0.3, -0.25) is 4.79 Å². The average Bonchev–Trinajstić information content (AvgIpc) is 3.08. The molecular weight excluding hydrogens is 465 g/mol. The summed E-state index contributed by atoms with van der Waals surface area (Å²) >= 11 is 3.47. The monoisotopic (exact) mass is 478 g/mol. The number of aromatic nitrogens is 4. The lowest BCUT2D eigenvalue weighted by molar-refractivity contribution is -0.274. The molecule has 1 N–H and O–H groups in total. The fourth-order valence-electron chi connectivity index (χ4n) is 3.06. The summed E-state index contributed by atoms with van der Waals surface area (Å²) in [5.41, 5.74) is 1.78. The number of aromatic amines is 1. The lowest BCUT2D eigenvalue weighted by Gasteiger charge is -2.13. The Morgan fingerprint density at radius 3 is 2.73 bits per heavy atom. The number of fused-ring (bicyclic) bond motifs is 1. The number of ether oxygens (including phenoxy) is 1. The number of benzene rings is 2. The molecule has 0 radical (unpaired) electrons. The van der Waals surface area contributed by atoms with Crippen LogP contribution in [0, 0.1) is 6.92 Å². The Balaban J connectivity index is 1.79. The predicted octanol–water partition coefficient (Wildman–Crippen LogP) is 4.67. The highest BCUT2D eigenvalue weighted by molar-refractivity contribution is 9.10. The Bertz CT molecular complexity index is 1300. The Morgan fingerprint density at radius 1 is 1.20 bits per heavy atom. The van der Waals surface area contributed by atoms with Gasteiger partial charge in [-0.2, -0.15) is 5.10 Å². The van der Waals surface area contributed by atoms with Gasteiger partial charge in [0.15, 0.2) is 5.65 Å². The van der Waals surface area contributed by atoms with E-state index < -0.39 is 11.9 Å². The second-order valence-electron chi connectivity index (χ2n) is 6.59. The Morgan fingerprint density at radius 2 is 1.97 bits per heavy atom. The van der Waals surface area contributed by atoms with Gasteiger partial charge in [0.25, 0.3) is 5.56 Å². The quantitative estimate of drug-likeness (QED) is 0.462. The number of nitrogens with one attached hydrogen (secondary N) is 1. The van der Waals surface area contributed by atoms with Gasteiger partial charge < -0.3 is 9.72 Å². The lowest BCUT2D eigenvalue weighted by atomic mass is 10.1. The fourth-order valence-corrected chi connectivity index (χ4v) is 3.48. The maximum absolute atomic E-state index is 12.7. The van der Waals surface area contributed by atoms with Gasteiger partial charge in [-0.05, 0) is 46.6 Å². The van der Waals surface area contributed by atoms with Crippen LogP contribution in [0.3, 0.4) is 0 Å². The van der Waals surface area contributed by atoms with Gasteiger partial charge in [-0.25, -0.2) is 9.67 Å². The molecule has 30 heavy (non-hydrogen) atoms. The zero-order chi connectivity index (χ0) is 21.5. The second-order valence-corrected chi connectivity index (χ2v) is 7.45. The van der Waals surface area contributed by atoms with Gasteiger partial charge >= 0.3 is 6.36 Å². The largest absolute Gasteiger partial charge is 0.573 e. The van der Waals surface area contributed by atoms with E-state index in [9.17, 15) is 18.0 Å². The topological polar surface area (TPSA) is 72.8 Å². The minimum absolute atomic E-state index is 0.0579. The van der Waals surface area contributed by atoms with Crippen molar-refractivity contribution >= 4 is 27.0 Å². The fraction of sp³-hybridized carbons (Fsp3) is 0.150. The molecule has 0 atom stereocenters. The third-order valence-corrected chi connectivity index (χ3v) is 5.04. The van der Waals surface area contributed by atoms with Crippen LogP contribution in [0.2, 0.25) is 0 Å². The standard InChI is InChI=1S/C20H14BrF3N4O2/c1-11-6-7-14(21)15(8-11)28-18-13(10-25-28)19(29)27-17(26-18)9-12-4-2-3-5-16(12)30-20(22,23)24/h2-8,10H,9H2,1H3,(H,26,27,29).